The zero-order valence-electron chi connectivity index (χ0n) is 19.8. The Balaban J connectivity index is 1.35. The second-order valence-electron chi connectivity index (χ2n) is 8.64. The van der Waals surface area contributed by atoms with Crippen LogP contribution in [0.1, 0.15) is 11.1 Å². The molecular formula is C25H27F3N6O2. The van der Waals surface area contributed by atoms with Crippen LogP contribution in [0.25, 0.3) is 11.1 Å². The number of hydrogen-bond acceptors (Lipinski definition) is 7. The summed E-state index contributed by atoms with van der Waals surface area (Å²) in [6.07, 6.45) is -1.34. The minimum absolute atomic E-state index is 0.0664. The maximum atomic E-state index is 13.7. The van der Waals surface area contributed by atoms with Gasteiger partial charge < -0.3 is 20.7 Å². The number of carbonyl (C=O) groups is 1. The molecule has 0 unspecified atom stereocenters. The van der Waals surface area contributed by atoms with E-state index in [4.69, 9.17) is 10.5 Å². The normalized spacial score (nSPS) is 15.0. The lowest BCUT2D eigenvalue weighted by Gasteiger charge is -2.33. The van der Waals surface area contributed by atoms with Crippen molar-refractivity contribution in [3.63, 3.8) is 0 Å². The fraction of sp³-hybridized carbons (Fsp3) is 0.320. The molecule has 0 aliphatic carbocycles. The van der Waals surface area contributed by atoms with Crippen LogP contribution in [0.5, 0.6) is 5.75 Å². The third-order valence-corrected chi connectivity index (χ3v) is 5.92. The van der Waals surface area contributed by atoms with E-state index in [0.717, 1.165) is 30.3 Å². The van der Waals surface area contributed by atoms with Crippen LogP contribution in [0, 0.1) is 0 Å². The Morgan fingerprint density at radius 2 is 1.69 bits per heavy atom. The Kier molecular flexibility index (Phi) is 7.70. The van der Waals surface area contributed by atoms with E-state index in [1.807, 2.05) is 11.9 Å². The van der Waals surface area contributed by atoms with Gasteiger partial charge in [0.1, 0.15) is 5.75 Å². The van der Waals surface area contributed by atoms with Crippen molar-refractivity contribution in [2.24, 2.45) is 0 Å². The first-order chi connectivity index (χ1) is 17.2. The monoisotopic (exact) mass is 500 g/mol. The second-order valence-corrected chi connectivity index (χ2v) is 8.64. The van der Waals surface area contributed by atoms with Gasteiger partial charge in [-0.05, 0) is 42.4 Å². The van der Waals surface area contributed by atoms with E-state index in [1.165, 1.54) is 12.1 Å². The molecule has 4 rings (SSSR count). The zero-order chi connectivity index (χ0) is 25.7. The fourth-order valence-corrected chi connectivity index (χ4v) is 3.88. The lowest BCUT2D eigenvalue weighted by atomic mass is 10.0. The quantitative estimate of drug-likeness (QED) is 0.513. The Morgan fingerprint density at radius 3 is 2.33 bits per heavy atom. The lowest BCUT2D eigenvalue weighted by molar-refractivity contribution is -0.138. The summed E-state index contributed by atoms with van der Waals surface area (Å²) >= 11 is 0. The van der Waals surface area contributed by atoms with Gasteiger partial charge in [-0.1, -0.05) is 18.2 Å². The number of alkyl halides is 3. The molecule has 190 valence electrons. The minimum atomic E-state index is -4.53. The van der Waals surface area contributed by atoms with Crippen LogP contribution in [-0.4, -0.2) is 65.5 Å². The summed E-state index contributed by atoms with van der Waals surface area (Å²) in [5, 5.41) is 2.49. The van der Waals surface area contributed by atoms with Gasteiger partial charge in [0.15, 0.2) is 6.61 Å². The molecule has 2 aromatic carbocycles. The maximum Gasteiger partial charge on any atom is 0.416 e. The largest absolute Gasteiger partial charge is 0.484 e. The van der Waals surface area contributed by atoms with Crippen molar-refractivity contribution in [2.45, 2.75) is 12.7 Å². The summed E-state index contributed by atoms with van der Waals surface area (Å²) in [5.41, 5.74) is 6.60. The first-order valence-corrected chi connectivity index (χ1v) is 11.4. The Labute approximate surface area is 206 Å². The first kappa shape index (κ1) is 25.4. The number of nitrogens with one attached hydrogen (secondary N) is 1. The van der Waals surface area contributed by atoms with Gasteiger partial charge >= 0.3 is 6.18 Å². The Bertz CT molecular complexity index is 1180. The standard InChI is InChI=1S/C25H27F3N6O2/c1-33-8-10-34(11-9-33)15-18-2-5-20(12-22(18)25(26,27)28)32-23(35)16-36-21-6-3-17(4-7-21)19-13-30-24(29)31-14-19/h2-7,12-14H,8-11,15-16H2,1H3,(H,32,35)(H2,29,30,31). The highest BCUT2D eigenvalue weighted by Crippen LogP contribution is 2.34. The highest BCUT2D eigenvalue weighted by Gasteiger charge is 2.34. The van der Waals surface area contributed by atoms with Gasteiger partial charge in [0.25, 0.3) is 5.91 Å². The van der Waals surface area contributed by atoms with E-state index < -0.39 is 17.6 Å². The first-order valence-electron chi connectivity index (χ1n) is 11.4. The number of piperazine rings is 1. The van der Waals surface area contributed by atoms with Crippen LogP contribution in [0.15, 0.2) is 54.9 Å². The number of nitrogen functional groups attached to an aromatic ring is 1. The van der Waals surface area contributed by atoms with Gasteiger partial charge in [-0.3, -0.25) is 9.69 Å². The van der Waals surface area contributed by atoms with Crippen LogP contribution >= 0.6 is 0 Å². The molecule has 2 heterocycles. The number of ether oxygens (including phenoxy) is 1. The van der Waals surface area contributed by atoms with Crippen molar-refractivity contribution in [1.29, 1.82) is 0 Å². The van der Waals surface area contributed by atoms with Crippen LogP contribution in [0.2, 0.25) is 0 Å². The van der Waals surface area contributed by atoms with E-state index in [1.54, 1.807) is 36.7 Å². The number of rotatable bonds is 7. The Hall–Kier alpha value is -3.70. The minimum Gasteiger partial charge on any atom is -0.484 e. The molecule has 0 spiro atoms. The molecular weight excluding hydrogens is 473 g/mol. The van der Waals surface area contributed by atoms with Crippen molar-refractivity contribution in [3.8, 4) is 16.9 Å². The van der Waals surface area contributed by atoms with Gasteiger partial charge in [-0.2, -0.15) is 13.2 Å². The van der Waals surface area contributed by atoms with Crippen LogP contribution in [0.3, 0.4) is 0 Å². The number of aromatic nitrogens is 2. The van der Waals surface area contributed by atoms with Gasteiger partial charge in [0.2, 0.25) is 5.95 Å². The summed E-state index contributed by atoms with van der Waals surface area (Å²) in [4.78, 5) is 24.4. The van der Waals surface area contributed by atoms with Crippen LogP contribution in [0.4, 0.5) is 24.8 Å². The molecule has 1 aliphatic heterocycles. The summed E-state index contributed by atoms with van der Waals surface area (Å²) in [5.74, 6) is 0.0477. The molecule has 11 heteroatoms. The van der Waals surface area contributed by atoms with Crippen molar-refractivity contribution < 1.29 is 22.7 Å². The number of anilines is 2. The zero-order valence-corrected chi connectivity index (χ0v) is 19.8. The molecule has 1 saturated heterocycles. The predicted molar refractivity (Wildman–Crippen MR) is 130 cm³/mol. The summed E-state index contributed by atoms with van der Waals surface area (Å²) in [6, 6.07) is 10.8. The van der Waals surface area contributed by atoms with Crippen molar-refractivity contribution in [3.05, 3.63) is 66.0 Å². The molecule has 0 saturated carbocycles. The number of benzene rings is 2. The molecule has 3 aromatic rings. The van der Waals surface area contributed by atoms with Crippen LogP contribution < -0.4 is 15.8 Å². The summed E-state index contributed by atoms with van der Waals surface area (Å²) in [6.45, 7) is 2.89. The van der Waals surface area contributed by atoms with E-state index in [9.17, 15) is 18.0 Å². The van der Waals surface area contributed by atoms with E-state index in [2.05, 4.69) is 20.2 Å². The third kappa shape index (κ3) is 6.70. The number of likely N-dealkylation sites (N-methyl/N-ethyl adjacent to an activating group) is 1. The molecule has 1 fully saturated rings. The highest BCUT2D eigenvalue weighted by molar-refractivity contribution is 5.92. The van der Waals surface area contributed by atoms with Crippen molar-refractivity contribution >= 4 is 17.5 Å². The number of amides is 1. The van der Waals surface area contributed by atoms with E-state index in [-0.39, 0.29) is 30.4 Å². The molecule has 8 nitrogen and oxygen atoms in total. The number of nitrogens with two attached hydrogens (primary N) is 1. The summed E-state index contributed by atoms with van der Waals surface area (Å²) in [7, 11) is 1.99. The van der Waals surface area contributed by atoms with E-state index in [0.29, 0.717) is 18.8 Å². The highest BCUT2D eigenvalue weighted by atomic mass is 19.4. The fourth-order valence-electron chi connectivity index (χ4n) is 3.88. The number of hydrogen-bond donors (Lipinski definition) is 2. The van der Waals surface area contributed by atoms with Gasteiger partial charge in [-0.25, -0.2) is 9.97 Å². The Morgan fingerprint density at radius 1 is 1.03 bits per heavy atom. The second kappa shape index (κ2) is 10.9. The van der Waals surface area contributed by atoms with Gasteiger partial charge in [-0.15, -0.1) is 0 Å². The van der Waals surface area contributed by atoms with Crippen molar-refractivity contribution in [1.82, 2.24) is 19.8 Å². The molecule has 3 N–H and O–H groups in total. The average Bonchev–Trinajstić information content (AvgIpc) is 2.85. The van der Waals surface area contributed by atoms with Crippen LogP contribution in [-0.2, 0) is 17.5 Å². The maximum absolute atomic E-state index is 13.7. The number of carbonyl (C=O) groups excluding carboxylic acids is 1. The average molecular weight is 501 g/mol. The number of nitrogens with zero attached hydrogens (tertiary/aromatic N) is 4. The SMILES string of the molecule is CN1CCN(Cc2ccc(NC(=O)COc3ccc(-c4cnc(N)nc4)cc3)cc2C(F)(F)F)CC1. The molecule has 0 radical (unpaired) electrons. The molecule has 0 bridgehead atoms. The van der Waals surface area contributed by atoms with Gasteiger partial charge in [0.05, 0.1) is 5.56 Å². The molecule has 1 aliphatic rings. The van der Waals surface area contributed by atoms with E-state index >= 15 is 0 Å². The van der Waals surface area contributed by atoms with Gasteiger partial charge in [0, 0.05) is 56.4 Å². The topological polar surface area (TPSA) is 96.6 Å². The molecule has 36 heavy (non-hydrogen) atoms. The lowest BCUT2D eigenvalue weighted by Crippen LogP contribution is -2.44. The predicted octanol–water partition coefficient (Wildman–Crippen LogP) is 3.51. The molecule has 0 atom stereocenters. The van der Waals surface area contributed by atoms with Crippen molar-refractivity contribution in [2.75, 3.05) is 50.9 Å². The third-order valence-electron chi connectivity index (χ3n) is 5.92. The summed E-state index contributed by atoms with van der Waals surface area (Å²) < 4.78 is 46.7. The smallest absolute Gasteiger partial charge is 0.416 e. The molecule has 1 aromatic heterocycles. The number of halogens is 3. The molecule has 1 amide bonds.